The van der Waals surface area contributed by atoms with Crippen molar-refractivity contribution in [1.82, 2.24) is 0 Å². The average molecular weight is 496 g/mol. The molecule has 2 aromatic carbocycles. The van der Waals surface area contributed by atoms with Crippen molar-refractivity contribution >= 4 is 45.2 Å². The molecule has 0 atom stereocenters. The Hall–Kier alpha value is -0.500. The summed E-state index contributed by atoms with van der Waals surface area (Å²) in [6.07, 6.45) is 0. The van der Waals surface area contributed by atoms with Crippen molar-refractivity contribution in [2.45, 2.75) is 13.8 Å². The largest absolute Gasteiger partial charge is 0.508 e. The monoisotopic (exact) mass is 496 g/mol. The van der Waals surface area contributed by atoms with Crippen LogP contribution >= 0.6 is 45.2 Å². The molecule has 0 amide bonds. The zero-order chi connectivity index (χ0) is 15.0. The first kappa shape index (κ1) is 17.6. The van der Waals surface area contributed by atoms with Crippen LogP contribution < -0.4 is 4.74 Å². The van der Waals surface area contributed by atoms with E-state index in [1.54, 1.807) is 12.1 Å². The maximum Gasteiger partial charge on any atom is 0.119 e. The second-order valence-electron chi connectivity index (χ2n) is 4.64. The van der Waals surface area contributed by atoms with Crippen LogP contribution in [-0.2, 0) is 0 Å². The number of aromatic hydroxyl groups is 1. The molecule has 0 aromatic heterocycles. The zero-order valence-corrected chi connectivity index (χ0v) is 15.8. The molecule has 0 aliphatic carbocycles. The third-order valence-electron chi connectivity index (χ3n) is 2.22. The van der Waals surface area contributed by atoms with E-state index in [4.69, 9.17) is 9.84 Å². The summed E-state index contributed by atoms with van der Waals surface area (Å²) in [4.78, 5) is 0. The molecule has 0 aliphatic rings. The Labute approximate surface area is 147 Å². The molecule has 0 fully saturated rings. The van der Waals surface area contributed by atoms with E-state index >= 15 is 0 Å². The van der Waals surface area contributed by atoms with Crippen molar-refractivity contribution in [3.63, 3.8) is 0 Å². The summed E-state index contributed by atoms with van der Waals surface area (Å²) < 4.78 is 7.90. The molecule has 2 nitrogen and oxygen atoms in total. The number of hydrogen-bond acceptors (Lipinski definition) is 2. The van der Waals surface area contributed by atoms with Gasteiger partial charge in [-0.2, -0.15) is 0 Å². The second-order valence-corrected chi connectivity index (χ2v) is 7.13. The van der Waals surface area contributed by atoms with Gasteiger partial charge in [-0.05, 0) is 99.6 Å². The number of rotatable bonds is 3. The van der Waals surface area contributed by atoms with Crippen molar-refractivity contribution in [2.24, 2.45) is 5.92 Å². The molecular formula is C16H18I2O2. The molecule has 2 aromatic rings. The van der Waals surface area contributed by atoms with Crippen LogP contribution in [0.25, 0.3) is 0 Å². The third-order valence-corrected chi connectivity index (χ3v) is 3.66. The fourth-order valence-corrected chi connectivity index (χ4v) is 1.95. The molecule has 0 saturated heterocycles. The Morgan fingerprint density at radius 3 is 1.75 bits per heavy atom. The zero-order valence-electron chi connectivity index (χ0n) is 11.5. The Morgan fingerprint density at radius 1 is 0.900 bits per heavy atom. The maximum atomic E-state index is 8.75. The summed E-state index contributed by atoms with van der Waals surface area (Å²) in [7, 11) is 0. The molecule has 20 heavy (non-hydrogen) atoms. The average Bonchev–Trinajstić information content (AvgIpc) is 2.42. The number of hydrogen-bond donors (Lipinski definition) is 1. The van der Waals surface area contributed by atoms with Crippen molar-refractivity contribution in [3.8, 4) is 11.5 Å². The molecule has 0 radical (unpaired) electrons. The highest BCUT2D eigenvalue weighted by molar-refractivity contribution is 14.1. The molecule has 2 rings (SSSR count). The standard InChI is InChI=1S/C10H13IO.C6H5IO/c1-8(2)7-12-10-5-3-9(11)4-6-10;7-5-1-3-6(8)4-2-5/h3-6,8H,7H2,1-2H3;1-4,8H. The smallest absolute Gasteiger partial charge is 0.119 e. The molecule has 0 aliphatic heterocycles. The molecule has 0 heterocycles. The molecule has 0 spiro atoms. The first-order chi connectivity index (χ1) is 9.47. The summed E-state index contributed by atoms with van der Waals surface area (Å²) >= 11 is 4.47. The quantitative estimate of drug-likeness (QED) is 0.584. The highest BCUT2D eigenvalue weighted by Gasteiger charge is 1.95. The highest BCUT2D eigenvalue weighted by atomic mass is 127. The van der Waals surface area contributed by atoms with Gasteiger partial charge in [0, 0.05) is 7.14 Å². The maximum absolute atomic E-state index is 8.75. The van der Waals surface area contributed by atoms with E-state index < -0.39 is 0 Å². The first-order valence-corrected chi connectivity index (χ1v) is 8.46. The van der Waals surface area contributed by atoms with Crippen molar-refractivity contribution in [1.29, 1.82) is 0 Å². The Balaban J connectivity index is 0.000000217. The normalized spacial score (nSPS) is 9.85. The predicted molar refractivity (Wildman–Crippen MR) is 100 cm³/mol. The Kier molecular flexibility index (Phi) is 8.28. The van der Waals surface area contributed by atoms with Gasteiger partial charge in [0.15, 0.2) is 0 Å². The van der Waals surface area contributed by atoms with Crippen molar-refractivity contribution < 1.29 is 9.84 Å². The van der Waals surface area contributed by atoms with Crippen LogP contribution in [0.3, 0.4) is 0 Å². The predicted octanol–water partition coefficient (Wildman–Crippen LogP) is 5.32. The summed E-state index contributed by atoms with van der Waals surface area (Å²) in [5, 5.41) is 8.75. The van der Waals surface area contributed by atoms with E-state index in [2.05, 4.69) is 71.2 Å². The molecule has 1 N–H and O–H groups in total. The Morgan fingerprint density at radius 2 is 1.35 bits per heavy atom. The van der Waals surface area contributed by atoms with Crippen LogP contribution in [0.1, 0.15) is 13.8 Å². The SMILES string of the molecule is CC(C)COc1ccc(I)cc1.Oc1ccc(I)cc1. The summed E-state index contributed by atoms with van der Waals surface area (Å²) in [5.74, 6) is 1.87. The molecular weight excluding hydrogens is 478 g/mol. The third kappa shape index (κ3) is 7.94. The fraction of sp³-hybridized carbons (Fsp3) is 0.250. The van der Waals surface area contributed by atoms with Crippen LogP contribution in [0.4, 0.5) is 0 Å². The van der Waals surface area contributed by atoms with Crippen LogP contribution in [0.2, 0.25) is 0 Å². The fourth-order valence-electron chi connectivity index (χ4n) is 1.23. The number of phenolic OH excluding ortho intramolecular Hbond substituents is 1. The lowest BCUT2D eigenvalue weighted by Gasteiger charge is -2.07. The minimum absolute atomic E-state index is 0.324. The molecule has 0 saturated carbocycles. The van der Waals surface area contributed by atoms with E-state index in [1.807, 2.05) is 24.3 Å². The van der Waals surface area contributed by atoms with Gasteiger partial charge in [-0.1, -0.05) is 13.8 Å². The number of halogens is 2. The summed E-state index contributed by atoms with van der Waals surface area (Å²) in [6.45, 7) is 5.08. The number of phenols is 1. The Bertz CT molecular complexity index is 472. The van der Waals surface area contributed by atoms with Crippen LogP contribution in [0.5, 0.6) is 11.5 Å². The molecule has 4 heteroatoms. The lowest BCUT2D eigenvalue weighted by atomic mass is 10.2. The van der Waals surface area contributed by atoms with E-state index in [0.29, 0.717) is 11.7 Å². The highest BCUT2D eigenvalue weighted by Crippen LogP contribution is 2.14. The van der Waals surface area contributed by atoms with E-state index in [1.165, 1.54) is 3.57 Å². The van der Waals surface area contributed by atoms with Gasteiger partial charge >= 0.3 is 0 Å². The lowest BCUT2D eigenvalue weighted by Crippen LogP contribution is -2.04. The first-order valence-electron chi connectivity index (χ1n) is 6.30. The second kappa shape index (κ2) is 9.44. The van der Waals surface area contributed by atoms with Gasteiger partial charge in [-0.15, -0.1) is 0 Å². The van der Waals surface area contributed by atoms with Gasteiger partial charge in [-0.3, -0.25) is 0 Å². The topological polar surface area (TPSA) is 29.5 Å². The summed E-state index contributed by atoms with van der Waals surface area (Å²) in [5.41, 5.74) is 0. The number of benzene rings is 2. The molecule has 108 valence electrons. The van der Waals surface area contributed by atoms with Crippen LogP contribution in [-0.4, -0.2) is 11.7 Å². The van der Waals surface area contributed by atoms with E-state index in [9.17, 15) is 0 Å². The van der Waals surface area contributed by atoms with Gasteiger partial charge in [0.25, 0.3) is 0 Å². The minimum Gasteiger partial charge on any atom is -0.508 e. The summed E-state index contributed by atoms with van der Waals surface area (Å²) in [6, 6.07) is 15.2. The van der Waals surface area contributed by atoms with E-state index in [-0.39, 0.29) is 0 Å². The van der Waals surface area contributed by atoms with Crippen LogP contribution in [0.15, 0.2) is 48.5 Å². The van der Waals surface area contributed by atoms with Gasteiger partial charge < -0.3 is 9.84 Å². The van der Waals surface area contributed by atoms with Gasteiger partial charge in [0.2, 0.25) is 0 Å². The van der Waals surface area contributed by atoms with Crippen LogP contribution in [0, 0.1) is 13.1 Å². The van der Waals surface area contributed by atoms with Gasteiger partial charge in [0.1, 0.15) is 11.5 Å². The molecule has 0 bridgehead atoms. The van der Waals surface area contributed by atoms with E-state index in [0.717, 1.165) is 15.9 Å². The molecule has 0 unspecified atom stereocenters. The minimum atomic E-state index is 0.324. The van der Waals surface area contributed by atoms with Gasteiger partial charge in [-0.25, -0.2) is 0 Å². The lowest BCUT2D eigenvalue weighted by molar-refractivity contribution is 0.271. The number of ether oxygens (including phenoxy) is 1. The van der Waals surface area contributed by atoms with Gasteiger partial charge in [0.05, 0.1) is 6.61 Å². The van der Waals surface area contributed by atoms with Crippen molar-refractivity contribution in [3.05, 3.63) is 55.7 Å². The van der Waals surface area contributed by atoms with Crippen molar-refractivity contribution in [2.75, 3.05) is 6.61 Å².